The molecule has 0 aliphatic rings. The van der Waals surface area contributed by atoms with Gasteiger partial charge in [0, 0.05) is 49.4 Å². The van der Waals surface area contributed by atoms with E-state index in [4.69, 9.17) is 5.73 Å². The van der Waals surface area contributed by atoms with E-state index in [0.29, 0.717) is 0 Å². The number of allylic oxidation sites excluding steroid dienone is 1. The molecular weight excluding hydrogens is 717 g/mol. The molecule has 282 valence electrons. The number of anilines is 1. The highest BCUT2D eigenvalue weighted by atomic mass is 15.1. The van der Waals surface area contributed by atoms with Gasteiger partial charge in [0.05, 0.1) is 33.3 Å². The van der Waals surface area contributed by atoms with E-state index in [1.54, 1.807) is 0 Å². The van der Waals surface area contributed by atoms with Crippen LogP contribution in [-0.4, -0.2) is 13.7 Å². The molecule has 3 aromatic heterocycles. The molecule has 0 unspecified atom stereocenters. The number of aromatic nitrogens is 3. The van der Waals surface area contributed by atoms with Crippen LogP contribution in [0, 0.1) is 13.8 Å². The molecule has 0 spiro atoms. The molecule has 59 heavy (non-hydrogen) atoms. The number of benzene rings is 8. The van der Waals surface area contributed by atoms with Crippen LogP contribution >= 0.6 is 0 Å². The zero-order chi connectivity index (χ0) is 39.8. The second kappa shape index (κ2) is 13.5. The molecule has 2 N–H and O–H groups in total. The minimum atomic E-state index is 0.725. The van der Waals surface area contributed by atoms with Gasteiger partial charge in [0.15, 0.2) is 0 Å². The van der Waals surface area contributed by atoms with Gasteiger partial charge in [0.2, 0.25) is 0 Å². The maximum absolute atomic E-state index is 7.04. The number of nitrogens with zero attached hydrogens (tertiary/aromatic N) is 3. The summed E-state index contributed by atoms with van der Waals surface area (Å²) in [7, 11) is 0. The third-order valence-electron chi connectivity index (χ3n) is 12.1. The van der Waals surface area contributed by atoms with Gasteiger partial charge >= 0.3 is 0 Å². The van der Waals surface area contributed by atoms with Gasteiger partial charge < -0.3 is 14.9 Å². The number of para-hydroxylation sites is 3. The van der Waals surface area contributed by atoms with Crippen molar-refractivity contribution in [3.8, 4) is 39.3 Å². The van der Waals surface area contributed by atoms with Crippen LogP contribution < -0.4 is 5.73 Å². The summed E-state index contributed by atoms with van der Waals surface area (Å²) in [5.41, 5.74) is 24.4. The summed E-state index contributed by atoms with van der Waals surface area (Å²) in [6, 6.07) is 64.2. The van der Waals surface area contributed by atoms with E-state index < -0.39 is 0 Å². The Kier molecular flexibility index (Phi) is 7.95. The SMILES string of the molecule is C/C=C\c1c(N)n(-c2ccc(-c3ccc(C)cc3)cc2)c2ccc(-c3ccccc3-n3c4ccccc4c4cc(-n5c6ccccc6c6cc(C)ccc65)ccc43)cc12. The van der Waals surface area contributed by atoms with Crippen molar-refractivity contribution in [1.29, 1.82) is 0 Å². The Bertz CT molecular complexity index is 3460. The fourth-order valence-electron chi connectivity index (χ4n) is 9.31. The van der Waals surface area contributed by atoms with Crippen LogP contribution in [0.1, 0.15) is 23.6 Å². The number of hydrogen-bond donors (Lipinski definition) is 1. The maximum Gasteiger partial charge on any atom is 0.116 e. The van der Waals surface area contributed by atoms with Crippen LogP contribution in [0.25, 0.3) is 99.9 Å². The summed E-state index contributed by atoms with van der Waals surface area (Å²) < 4.78 is 7.03. The van der Waals surface area contributed by atoms with Crippen molar-refractivity contribution >= 4 is 66.4 Å². The highest BCUT2D eigenvalue weighted by Crippen LogP contribution is 2.41. The van der Waals surface area contributed by atoms with E-state index in [0.717, 1.165) is 50.5 Å². The smallest absolute Gasteiger partial charge is 0.116 e. The Balaban J connectivity index is 1.06. The first kappa shape index (κ1) is 34.7. The van der Waals surface area contributed by atoms with Gasteiger partial charge in [-0.3, -0.25) is 4.57 Å². The van der Waals surface area contributed by atoms with E-state index in [9.17, 15) is 0 Å². The second-order valence-corrected chi connectivity index (χ2v) is 15.7. The molecule has 0 fully saturated rings. The lowest BCUT2D eigenvalue weighted by molar-refractivity contribution is 1.14. The number of rotatable bonds is 6. The molecule has 0 radical (unpaired) electrons. The number of hydrogen-bond acceptors (Lipinski definition) is 1. The highest BCUT2D eigenvalue weighted by Gasteiger charge is 2.20. The quantitative estimate of drug-likeness (QED) is 0.180. The fourth-order valence-corrected chi connectivity index (χ4v) is 9.31. The Morgan fingerprint density at radius 1 is 0.407 bits per heavy atom. The maximum atomic E-state index is 7.04. The van der Waals surface area contributed by atoms with Crippen molar-refractivity contribution in [2.45, 2.75) is 20.8 Å². The standard InChI is InChI=1S/C55H42N4/c1-4-11-45-47-33-39(25-30-53(47)58(55(45)56)40-26-23-38(24-27-40)37-21-18-35(2)19-22-37)42-12-5-8-15-49(42)59-51-17-10-7-14-44(51)48-34-41(28-31-54(48)59)57-50-16-9-6-13-43(50)46-32-36(3)20-29-52(46)57/h4-34H,56H2,1-3H3/b11-4-. The summed E-state index contributed by atoms with van der Waals surface area (Å²) >= 11 is 0. The molecule has 0 aliphatic heterocycles. The topological polar surface area (TPSA) is 40.8 Å². The zero-order valence-corrected chi connectivity index (χ0v) is 33.3. The van der Waals surface area contributed by atoms with Crippen molar-refractivity contribution in [3.63, 3.8) is 0 Å². The lowest BCUT2D eigenvalue weighted by Crippen LogP contribution is -2.00. The van der Waals surface area contributed by atoms with Crippen LogP contribution in [0.3, 0.4) is 0 Å². The van der Waals surface area contributed by atoms with Gasteiger partial charge in [-0.25, -0.2) is 0 Å². The molecule has 4 nitrogen and oxygen atoms in total. The van der Waals surface area contributed by atoms with E-state index in [1.165, 1.54) is 65.9 Å². The lowest BCUT2D eigenvalue weighted by Gasteiger charge is -2.15. The van der Waals surface area contributed by atoms with E-state index in [1.807, 2.05) is 6.92 Å². The third kappa shape index (κ3) is 5.44. The van der Waals surface area contributed by atoms with Crippen LogP contribution in [0.2, 0.25) is 0 Å². The van der Waals surface area contributed by atoms with Crippen LogP contribution in [0.5, 0.6) is 0 Å². The predicted octanol–water partition coefficient (Wildman–Crippen LogP) is 14.4. The van der Waals surface area contributed by atoms with Crippen molar-refractivity contribution in [1.82, 2.24) is 13.7 Å². The molecule has 4 heteroatoms. The van der Waals surface area contributed by atoms with Gasteiger partial charge in [-0.15, -0.1) is 0 Å². The summed E-state index contributed by atoms with van der Waals surface area (Å²) in [4.78, 5) is 0. The average Bonchev–Trinajstić information content (AvgIpc) is 3.88. The monoisotopic (exact) mass is 758 g/mol. The molecule has 0 amide bonds. The van der Waals surface area contributed by atoms with E-state index >= 15 is 0 Å². The van der Waals surface area contributed by atoms with E-state index in [2.05, 4.69) is 216 Å². The molecule has 3 heterocycles. The van der Waals surface area contributed by atoms with Gasteiger partial charge in [-0.1, -0.05) is 126 Å². The van der Waals surface area contributed by atoms with Crippen molar-refractivity contribution in [3.05, 3.63) is 199 Å². The first-order chi connectivity index (χ1) is 29.0. The molecule has 11 aromatic rings. The molecule has 0 saturated carbocycles. The minimum absolute atomic E-state index is 0.725. The molecule has 0 saturated heterocycles. The zero-order valence-electron chi connectivity index (χ0n) is 33.3. The summed E-state index contributed by atoms with van der Waals surface area (Å²) in [6.45, 7) is 6.34. The first-order valence-corrected chi connectivity index (χ1v) is 20.3. The second-order valence-electron chi connectivity index (χ2n) is 15.7. The first-order valence-electron chi connectivity index (χ1n) is 20.3. The Hall–Kier alpha value is -7.56. The molecular formula is C55H42N4. The van der Waals surface area contributed by atoms with Gasteiger partial charge in [-0.2, -0.15) is 0 Å². The number of fused-ring (bicyclic) bond motifs is 7. The largest absolute Gasteiger partial charge is 0.384 e. The van der Waals surface area contributed by atoms with Crippen LogP contribution in [-0.2, 0) is 0 Å². The van der Waals surface area contributed by atoms with Crippen molar-refractivity contribution < 1.29 is 0 Å². The molecule has 0 bridgehead atoms. The van der Waals surface area contributed by atoms with Crippen LogP contribution in [0.4, 0.5) is 5.82 Å². The van der Waals surface area contributed by atoms with Gasteiger partial charge in [-0.05, 0) is 110 Å². The Morgan fingerprint density at radius 2 is 0.932 bits per heavy atom. The minimum Gasteiger partial charge on any atom is -0.384 e. The normalized spacial score (nSPS) is 12.0. The van der Waals surface area contributed by atoms with Crippen molar-refractivity contribution in [2.24, 2.45) is 0 Å². The molecule has 0 aliphatic carbocycles. The molecule has 0 atom stereocenters. The molecule has 11 rings (SSSR count). The van der Waals surface area contributed by atoms with E-state index in [-0.39, 0.29) is 0 Å². The number of nitrogens with two attached hydrogens (primary N) is 1. The number of aryl methyl sites for hydroxylation is 2. The third-order valence-corrected chi connectivity index (χ3v) is 12.1. The van der Waals surface area contributed by atoms with Gasteiger partial charge in [0.25, 0.3) is 0 Å². The fraction of sp³-hybridized carbons (Fsp3) is 0.0545. The number of nitrogen functional groups attached to an aromatic ring is 1. The van der Waals surface area contributed by atoms with Gasteiger partial charge in [0.1, 0.15) is 5.82 Å². The average molecular weight is 759 g/mol. The summed E-state index contributed by atoms with van der Waals surface area (Å²) in [5, 5.41) is 6.10. The summed E-state index contributed by atoms with van der Waals surface area (Å²) in [5.74, 6) is 0.725. The highest BCUT2D eigenvalue weighted by molar-refractivity contribution is 6.13. The predicted molar refractivity (Wildman–Crippen MR) is 251 cm³/mol. The summed E-state index contributed by atoms with van der Waals surface area (Å²) in [6.07, 6.45) is 4.21. The van der Waals surface area contributed by atoms with Crippen molar-refractivity contribution in [2.75, 3.05) is 5.73 Å². The molecule has 8 aromatic carbocycles. The Labute approximate surface area is 343 Å². The Morgan fingerprint density at radius 3 is 1.68 bits per heavy atom. The lowest BCUT2D eigenvalue weighted by atomic mass is 10.00. The van der Waals surface area contributed by atoms with Crippen LogP contribution in [0.15, 0.2) is 182 Å².